The van der Waals surface area contributed by atoms with Crippen LogP contribution in [0.3, 0.4) is 0 Å². The third-order valence-electron chi connectivity index (χ3n) is 3.33. The van der Waals surface area contributed by atoms with Gasteiger partial charge in [0, 0.05) is 0 Å². The van der Waals surface area contributed by atoms with Crippen molar-refractivity contribution in [2.75, 3.05) is 0 Å². The highest BCUT2D eigenvalue weighted by Gasteiger charge is 2.44. The van der Waals surface area contributed by atoms with E-state index in [1.54, 1.807) is 41.5 Å². The van der Waals surface area contributed by atoms with Crippen molar-refractivity contribution in [3.05, 3.63) is 0 Å². The monoisotopic (exact) mass is 465 g/mol. The first-order chi connectivity index (χ1) is 12.6. The maximum absolute atomic E-state index is 12.8. The Morgan fingerprint density at radius 2 is 1.17 bits per heavy atom. The van der Waals surface area contributed by atoms with Gasteiger partial charge in [0.2, 0.25) is 11.3 Å². The van der Waals surface area contributed by atoms with E-state index in [-0.39, 0.29) is 5.17 Å². The molecule has 0 radical (unpaired) electrons. The van der Waals surface area contributed by atoms with Gasteiger partial charge in [-0.05, 0) is 53.8 Å². The first-order valence-corrected chi connectivity index (χ1v) is 17.0. The Labute approximate surface area is 183 Å². The normalized spacial score (nSPS) is 15.2. The number of ether oxygens (including phenoxy) is 3. The molecule has 0 saturated heterocycles. The fourth-order valence-electron chi connectivity index (χ4n) is 2.80. The first-order valence-electron chi connectivity index (χ1n) is 9.71. The number of esters is 2. The summed E-state index contributed by atoms with van der Waals surface area (Å²) in [7, 11) is -3.91. The Morgan fingerprint density at radius 3 is 1.48 bits per heavy atom. The van der Waals surface area contributed by atoms with E-state index in [9.17, 15) is 14.7 Å². The van der Waals surface area contributed by atoms with Gasteiger partial charge in [-0.2, -0.15) is 0 Å². The van der Waals surface area contributed by atoms with Crippen LogP contribution in [0.2, 0.25) is 39.3 Å². The summed E-state index contributed by atoms with van der Waals surface area (Å²) in [6, 6.07) is 0. The van der Waals surface area contributed by atoms with Crippen LogP contribution in [0.1, 0.15) is 41.5 Å². The quantitative estimate of drug-likeness (QED) is 0.361. The maximum Gasteiger partial charge on any atom is 0.351 e. The van der Waals surface area contributed by atoms with Gasteiger partial charge < -0.3 is 23.5 Å². The highest BCUT2D eigenvalue weighted by molar-refractivity contribution is 7.80. The predicted octanol–water partition coefficient (Wildman–Crippen LogP) is 3.67. The summed E-state index contributed by atoms with van der Waals surface area (Å²) in [4.78, 5) is 25.2. The second-order valence-electron chi connectivity index (χ2n) is 11.0. The van der Waals surface area contributed by atoms with Crippen LogP contribution in [0.5, 0.6) is 0 Å². The molecule has 0 heterocycles. The van der Waals surface area contributed by atoms with Crippen molar-refractivity contribution >= 4 is 45.8 Å². The summed E-state index contributed by atoms with van der Waals surface area (Å²) < 4.78 is 18.4. The Morgan fingerprint density at radius 1 is 0.828 bits per heavy atom. The van der Waals surface area contributed by atoms with Gasteiger partial charge in [0.25, 0.3) is 0 Å². The number of carbonyl (C=O) groups excluding carboxylic acids is 2. The van der Waals surface area contributed by atoms with Crippen LogP contribution in [-0.2, 0) is 23.8 Å². The standard InChI is InChI=1S/C19H39NO6SSi2/c1-18(2,3)25-15(22)13(21)14(16(23)26-19(4,5)6)24-17(27)20(28(7,8)9)29(10,11)12/h13-14,21H,1-12H3/t13-,14-/m1/s1. The zero-order valence-corrected chi connectivity index (χ0v) is 22.8. The number of nitrogens with zero attached hydrogens (tertiary/aromatic N) is 1. The van der Waals surface area contributed by atoms with Crippen molar-refractivity contribution in [2.45, 2.75) is 104 Å². The minimum Gasteiger partial charge on any atom is -0.458 e. The van der Waals surface area contributed by atoms with E-state index >= 15 is 0 Å². The molecule has 0 bridgehead atoms. The highest BCUT2D eigenvalue weighted by atomic mass is 32.1. The van der Waals surface area contributed by atoms with E-state index in [4.69, 9.17) is 26.4 Å². The number of aliphatic hydroxyl groups excluding tert-OH is 1. The lowest BCUT2D eigenvalue weighted by Gasteiger charge is -2.45. The molecule has 0 aliphatic carbocycles. The van der Waals surface area contributed by atoms with Gasteiger partial charge in [-0.25, -0.2) is 9.59 Å². The Balaban J connectivity index is 5.91. The third-order valence-corrected chi connectivity index (χ3v) is 11.0. The van der Waals surface area contributed by atoms with Gasteiger partial charge in [0.1, 0.15) is 27.7 Å². The van der Waals surface area contributed by atoms with E-state index in [2.05, 4.69) is 43.5 Å². The molecule has 0 aliphatic rings. The molecule has 0 aromatic rings. The van der Waals surface area contributed by atoms with Crippen LogP contribution in [0.25, 0.3) is 0 Å². The SMILES string of the molecule is CC(C)(C)OC(=O)[C@H](O)[C@@H](OC(=S)N([Si](C)(C)C)[Si](C)(C)C)C(=O)OC(C)(C)C. The van der Waals surface area contributed by atoms with E-state index in [0.717, 1.165) is 0 Å². The number of hydrogen-bond donors (Lipinski definition) is 1. The molecule has 1 N–H and O–H groups in total. The number of carbonyl (C=O) groups is 2. The van der Waals surface area contributed by atoms with Crippen LogP contribution in [-0.4, -0.2) is 66.3 Å². The molecule has 2 atom stereocenters. The Kier molecular flexibility index (Phi) is 9.13. The fourth-order valence-corrected chi connectivity index (χ4v) is 13.8. The van der Waals surface area contributed by atoms with Crippen molar-refractivity contribution in [2.24, 2.45) is 0 Å². The first kappa shape index (κ1) is 28.0. The van der Waals surface area contributed by atoms with Crippen LogP contribution in [0, 0.1) is 0 Å². The predicted molar refractivity (Wildman–Crippen MR) is 124 cm³/mol. The van der Waals surface area contributed by atoms with Crippen LogP contribution < -0.4 is 0 Å². The van der Waals surface area contributed by atoms with Gasteiger partial charge in [-0.3, -0.25) is 0 Å². The second-order valence-corrected chi connectivity index (χ2v) is 21.4. The molecule has 0 rings (SSSR count). The highest BCUT2D eigenvalue weighted by Crippen LogP contribution is 2.23. The lowest BCUT2D eigenvalue weighted by Crippen LogP contribution is -2.63. The summed E-state index contributed by atoms with van der Waals surface area (Å²) in [5, 5.41) is 10.7. The average molecular weight is 466 g/mol. The molecule has 0 fully saturated rings. The molecule has 0 aromatic heterocycles. The number of aliphatic hydroxyl groups is 1. The molecular formula is C19H39NO6SSi2. The second kappa shape index (κ2) is 9.44. The smallest absolute Gasteiger partial charge is 0.351 e. The van der Waals surface area contributed by atoms with E-state index in [0.29, 0.717) is 0 Å². The summed E-state index contributed by atoms with van der Waals surface area (Å²) in [6.07, 6.45) is -3.49. The topological polar surface area (TPSA) is 85.3 Å². The Hall–Kier alpha value is -0.976. The molecule has 0 amide bonds. The van der Waals surface area contributed by atoms with Gasteiger partial charge in [-0.1, -0.05) is 39.3 Å². The zero-order valence-electron chi connectivity index (χ0n) is 20.0. The van der Waals surface area contributed by atoms with Gasteiger partial charge in [0.15, 0.2) is 6.10 Å². The summed E-state index contributed by atoms with van der Waals surface area (Å²) >= 11 is 5.53. The van der Waals surface area contributed by atoms with E-state index < -0.39 is 51.8 Å². The molecule has 0 spiro atoms. The summed E-state index contributed by atoms with van der Waals surface area (Å²) in [5.41, 5.74) is -1.66. The molecule has 0 aliphatic heterocycles. The molecule has 0 saturated carbocycles. The van der Waals surface area contributed by atoms with Crippen LogP contribution >= 0.6 is 12.2 Å². The Bertz CT molecular complexity index is 600. The minimum atomic E-state index is -1.95. The van der Waals surface area contributed by atoms with Gasteiger partial charge in [-0.15, -0.1) is 0 Å². The third kappa shape index (κ3) is 10.1. The zero-order chi connectivity index (χ0) is 23.6. The van der Waals surface area contributed by atoms with Crippen molar-refractivity contribution in [1.29, 1.82) is 0 Å². The van der Waals surface area contributed by atoms with Gasteiger partial charge >= 0.3 is 11.9 Å². The largest absolute Gasteiger partial charge is 0.458 e. The molecular weight excluding hydrogens is 426 g/mol. The van der Waals surface area contributed by atoms with E-state index in [1.807, 2.05) is 0 Å². The fraction of sp³-hybridized carbons (Fsp3) is 0.842. The molecule has 0 unspecified atom stereocenters. The van der Waals surface area contributed by atoms with E-state index in [1.165, 1.54) is 0 Å². The molecule has 29 heavy (non-hydrogen) atoms. The van der Waals surface area contributed by atoms with Gasteiger partial charge in [0.05, 0.1) is 0 Å². The molecule has 7 nitrogen and oxygen atoms in total. The van der Waals surface area contributed by atoms with Crippen LogP contribution in [0.15, 0.2) is 0 Å². The van der Waals surface area contributed by atoms with Crippen molar-refractivity contribution in [1.82, 2.24) is 4.23 Å². The van der Waals surface area contributed by atoms with Crippen molar-refractivity contribution < 1.29 is 28.9 Å². The minimum absolute atomic E-state index is 0.0989. The van der Waals surface area contributed by atoms with Crippen LogP contribution in [0.4, 0.5) is 0 Å². The number of hydrogen-bond acceptors (Lipinski definition) is 7. The average Bonchev–Trinajstić information content (AvgIpc) is 2.36. The maximum atomic E-state index is 12.8. The van der Waals surface area contributed by atoms with Crippen molar-refractivity contribution in [3.63, 3.8) is 0 Å². The lowest BCUT2D eigenvalue weighted by molar-refractivity contribution is -0.184. The summed E-state index contributed by atoms with van der Waals surface area (Å²) in [5.74, 6) is -1.84. The number of rotatable bonds is 6. The summed E-state index contributed by atoms with van der Waals surface area (Å²) in [6.45, 7) is 22.8. The number of thiocarbonyl (C=S) groups is 1. The molecule has 0 aromatic carbocycles. The lowest BCUT2D eigenvalue weighted by atomic mass is 10.1. The molecule has 170 valence electrons. The molecule has 10 heteroatoms. The van der Waals surface area contributed by atoms with Crippen molar-refractivity contribution in [3.8, 4) is 0 Å².